The van der Waals surface area contributed by atoms with Gasteiger partial charge in [0.1, 0.15) is 13.2 Å². The van der Waals surface area contributed by atoms with Gasteiger partial charge in [0.05, 0.1) is 0 Å². The first-order chi connectivity index (χ1) is 38.5. The zero-order valence-corrected chi connectivity index (χ0v) is 52.2. The summed E-state index contributed by atoms with van der Waals surface area (Å²) >= 11 is 0. The third-order valence-electron chi connectivity index (χ3n) is 15.2. The van der Waals surface area contributed by atoms with E-state index >= 15 is 0 Å². The van der Waals surface area contributed by atoms with Gasteiger partial charge in [-0.15, -0.1) is 0 Å². The van der Waals surface area contributed by atoms with Crippen molar-refractivity contribution in [3.8, 4) is 0 Å². The van der Waals surface area contributed by atoms with Crippen molar-refractivity contribution >= 4 is 17.9 Å². The molecule has 6 nitrogen and oxygen atoms in total. The van der Waals surface area contributed by atoms with Crippen LogP contribution in [0.3, 0.4) is 0 Å². The molecule has 0 saturated heterocycles. The number of carbonyl (C=O) groups excluding carboxylic acids is 3. The molecule has 0 bridgehead atoms. The van der Waals surface area contributed by atoms with Crippen LogP contribution in [0.25, 0.3) is 0 Å². The van der Waals surface area contributed by atoms with Crippen LogP contribution in [-0.4, -0.2) is 37.2 Å². The Hall–Kier alpha value is -2.89. The van der Waals surface area contributed by atoms with Gasteiger partial charge in [-0.1, -0.05) is 300 Å². The first-order valence-corrected chi connectivity index (χ1v) is 34.3. The number of unbranched alkanes of at least 4 members (excludes halogenated alkanes) is 42. The number of rotatable bonds is 63. The summed E-state index contributed by atoms with van der Waals surface area (Å²) in [6, 6.07) is 0. The summed E-state index contributed by atoms with van der Waals surface area (Å²) in [5.74, 6) is -0.883. The molecule has 0 amide bonds. The van der Waals surface area contributed by atoms with Gasteiger partial charge in [-0.05, 0) is 103 Å². The van der Waals surface area contributed by atoms with Gasteiger partial charge in [0, 0.05) is 19.3 Å². The van der Waals surface area contributed by atoms with Crippen molar-refractivity contribution in [3.05, 3.63) is 60.8 Å². The van der Waals surface area contributed by atoms with Crippen LogP contribution in [0.4, 0.5) is 0 Å². The van der Waals surface area contributed by atoms with Crippen molar-refractivity contribution in [2.75, 3.05) is 13.2 Å². The van der Waals surface area contributed by atoms with Crippen LogP contribution in [0.15, 0.2) is 60.8 Å². The van der Waals surface area contributed by atoms with E-state index < -0.39 is 6.10 Å². The molecule has 0 aromatic heterocycles. The molecule has 78 heavy (non-hydrogen) atoms. The van der Waals surface area contributed by atoms with E-state index in [1.54, 1.807) is 0 Å². The number of allylic oxidation sites excluding steroid dienone is 10. The quantitative estimate of drug-likeness (QED) is 0.0261. The highest BCUT2D eigenvalue weighted by Gasteiger charge is 2.19. The number of hydrogen-bond donors (Lipinski definition) is 0. The molecule has 0 aliphatic rings. The fraction of sp³-hybridized carbons (Fsp3) is 0.819. The van der Waals surface area contributed by atoms with Crippen LogP contribution in [0, 0.1) is 0 Å². The van der Waals surface area contributed by atoms with Gasteiger partial charge < -0.3 is 14.2 Å². The number of ether oxygens (including phenoxy) is 3. The van der Waals surface area contributed by atoms with E-state index in [0.29, 0.717) is 19.3 Å². The first kappa shape index (κ1) is 75.1. The number of hydrogen-bond acceptors (Lipinski definition) is 6. The van der Waals surface area contributed by atoms with E-state index in [4.69, 9.17) is 14.2 Å². The van der Waals surface area contributed by atoms with Crippen molar-refractivity contribution in [3.63, 3.8) is 0 Å². The lowest BCUT2D eigenvalue weighted by Crippen LogP contribution is -2.30. The van der Waals surface area contributed by atoms with Crippen LogP contribution >= 0.6 is 0 Å². The van der Waals surface area contributed by atoms with Crippen LogP contribution < -0.4 is 0 Å². The Morgan fingerprint density at radius 3 is 0.756 bits per heavy atom. The van der Waals surface area contributed by atoms with E-state index in [1.807, 2.05) is 0 Å². The van der Waals surface area contributed by atoms with E-state index in [-0.39, 0.29) is 31.1 Å². The van der Waals surface area contributed by atoms with Crippen LogP contribution in [-0.2, 0) is 28.6 Å². The largest absolute Gasteiger partial charge is 0.462 e. The minimum absolute atomic E-state index is 0.0787. The Bertz CT molecular complexity index is 1390. The van der Waals surface area contributed by atoms with Crippen molar-refractivity contribution in [1.29, 1.82) is 0 Å². The first-order valence-electron chi connectivity index (χ1n) is 34.3. The predicted octanol–water partition coefficient (Wildman–Crippen LogP) is 23.5. The molecule has 1 atom stereocenters. The smallest absolute Gasteiger partial charge is 0.306 e. The van der Waals surface area contributed by atoms with E-state index in [0.717, 1.165) is 96.3 Å². The third kappa shape index (κ3) is 63.9. The summed E-state index contributed by atoms with van der Waals surface area (Å²) in [5, 5.41) is 0. The third-order valence-corrected chi connectivity index (χ3v) is 15.2. The highest BCUT2D eigenvalue weighted by atomic mass is 16.6. The lowest BCUT2D eigenvalue weighted by molar-refractivity contribution is -0.167. The van der Waals surface area contributed by atoms with Gasteiger partial charge in [0.2, 0.25) is 0 Å². The molecule has 454 valence electrons. The molecule has 0 N–H and O–H groups in total. The highest BCUT2D eigenvalue weighted by Crippen LogP contribution is 2.17. The maximum absolute atomic E-state index is 12.9. The second-order valence-corrected chi connectivity index (χ2v) is 23.1. The molecule has 0 aromatic rings. The standard InChI is InChI=1S/C72H130O6/c1-4-7-10-13-16-19-22-25-28-29-30-31-32-33-34-35-36-37-38-39-40-41-42-43-45-47-50-53-56-59-62-65-71(74)77-68-69(67-76-70(73)64-61-58-55-52-49-46-27-24-21-18-15-12-9-6-3)78-72(75)66-63-60-57-54-51-48-44-26-23-20-17-14-11-8-5-2/h15,18,22,24-27,29-30,44,69H,4-14,16-17,19-21,23,28,31-43,45-68H2,1-3H3/b18-15-,25-22-,27-24-,30-29-,44-26-. The second kappa shape index (κ2) is 66.6. The van der Waals surface area contributed by atoms with Crippen LogP contribution in [0.5, 0.6) is 0 Å². The second-order valence-electron chi connectivity index (χ2n) is 23.1. The summed E-state index contributed by atoms with van der Waals surface area (Å²) in [5.41, 5.74) is 0. The maximum Gasteiger partial charge on any atom is 0.306 e. The summed E-state index contributed by atoms with van der Waals surface area (Å²) in [4.78, 5) is 38.3. The average molecular weight is 1090 g/mol. The van der Waals surface area contributed by atoms with Gasteiger partial charge >= 0.3 is 17.9 Å². The van der Waals surface area contributed by atoms with Crippen molar-refractivity contribution < 1.29 is 28.6 Å². The van der Waals surface area contributed by atoms with Crippen molar-refractivity contribution in [2.24, 2.45) is 0 Å². The average Bonchev–Trinajstić information content (AvgIpc) is 3.44. The van der Waals surface area contributed by atoms with Gasteiger partial charge in [0.15, 0.2) is 6.10 Å². The lowest BCUT2D eigenvalue weighted by atomic mass is 10.0. The van der Waals surface area contributed by atoms with E-state index in [1.165, 1.54) is 225 Å². The monoisotopic (exact) mass is 1090 g/mol. The Labute approximate surface area is 485 Å². The zero-order valence-electron chi connectivity index (χ0n) is 52.2. The Morgan fingerprint density at radius 1 is 0.256 bits per heavy atom. The molecular weight excluding hydrogens is 961 g/mol. The number of carbonyl (C=O) groups is 3. The molecular formula is C72H130O6. The lowest BCUT2D eigenvalue weighted by Gasteiger charge is -2.18. The minimum atomic E-state index is -0.783. The molecule has 0 saturated carbocycles. The molecule has 0 rings (SSSR count). The predicted molar refractivity (Wildman–Crippen MR) is 339 cm³/mol. The normalized spacial score (nSPS) is 12.4. The van der Waals surface area contributed by atoms with Crippen molar-refractivity contribution in [1.82, 2.24) is 0 Å². The molecule has 1 unspecified atom stereocenters. The highest BCUT2D eigenvalue weighted by molar-refractivity contribution is 5.71. The Morgan fingerprint density at radius 2 is 0.474 bits per heavy atom. The fourth-order valence-corrected chi connectivity index (χ4v) is 10.0. The Kier molecular flexibility index (Phi) is 64.2. The zero-order chi connectivity index (χ0) is 56.4. The molecule has 0 radical (unpaired) electrons. The van der Waals surface area contributed by atoms with Gasteiger partial charge in [-0.2, -0.15) is 0 Å². The van der Waals surface area contributed by atoms with Crippen LogP contribution in [0.1, 0.15) is 361 Å². The summed E-state index contributed by atoms with van der Waals surface area (Å²) in [6.07, 6.45) is 85.4. The van der Waals surface area contributed by atoms with E-state index in [9.17, 15) is 14.4 Å². The molecule has 6 heteroatoms. The topological polar surface area (TPSA) is 78.9 Å². The molecule has 0 aliphatic heterocycles. The summed E-state index contributed by atoms with van der Waals surface area (Å²) in [7, 11) is 0. The summed E-state index contributed by atoms with van der Waals surface area (Å²) in [6.45, 7) is 6.61. The minimum Gasteiger partial charge on any atom is -0.462 e. The Balaban J connectivity index is 4.16. The molecule has 0 heterocycles. The fourth-order valence-electron chi connectivity index (χ4n) is 10.0. The van der Waals surface area contributed by atoms with Crippen molar-refractivity contribution in [2.45, 2.75) is 367 Å². The van der Waals surface area contributed by atoms with Gasteiger partial charge in [0.25, 0.3) is 0 Å². The summed E-state index contributed by atoms with van der Waals surface area (Å²) < 4.78 is 16.9. The van der Waals surface area contributed by atoms with Gasteiger partial charge in [-0.3, -0.25) is 14.4 Å². The SMILES string of the molecule is CCCC/C=C\C/C=C\CCCCCCCC(=O)OCC(COC(=O)CCCCCCCCCCCCCCCCCCCCC/C=C\C/C=C\CCCCCCC)OC(=O)CCCCCCC/C=C\CCCCCCCC. The van der Waals surface area contributed by atoms with Gasteiger partial charge in [-0.25, -0.2) is 0 Å². The molecule has 0 fully saturated rings. The van der Waals surface area contributed by atoms with Crippen LogP contribution in [0.2, 0.25) is 0 Å². The molecule has 0 aliphatic carbocycles. The number of esters is 3. The maximum atomic E-state index is 12.9. The molecule has 0 aromatic carbocycles. The van der Waals surface area contributed by atoms with E-state index in [2.05, 4.69) is 81.5 Å². The molecule has 0 spiro atoms.